The molecule has 0 aromatic carbocycles. The first kappa shape index (κ1) is 58.3. The zero-order chi connectivity index (χ0) is 43.7. The van der Waals surface area contributed by atoms with Gasteiger partial charge < -0.3 is 20.3 Å². The Balaban J connectivity index is 3.48. The lowest BCUT2D eigenvalue weighted by Gasteiger charge is -2.20. The average molecular weight is 846 g/mol. The van der Waals surface area contributed by atoms with Crippen LogP contribution >= 0.6 is 0 Å². The van der Waals surface area contributed by atoms with Gasteiger partial charge in [-0.2, -0.15) is 0 Å². The van der Waals surface area contributed by atoms with Crippen molar-refractivity contribution in [1.82, 2.24) is 5.32 Å². The van der Waals surface area contributed by atoms with Gasteiger partial charge in [0.2, 0.25) is 5.91 Å². The highest BCUT2D eigenvalue weighted by atomic mass is 16.5. The van der Waals surface area contributed by atoms with Crippen molar-refractivity contribution < 1.29 is 24.5 Å². The molecule has 0 aliphatic heterocycles. The lowest BCUT2D eigenvalue weighted by atomic mass is 10.0. The first-order valence-electron chi connectivity index (χ1n) is 26.6. The van der Waals surface area contributed by atoms with Gasteiger partial charge in [0.05, 0.1) is 25.4 Å². The Morgan fingerprint density at radius 1 is 0.450 bits per heavy atom. The molecule has 0 aliphatic carbocycles. The van der Waals surface area contributed by atoms with E-state index in [-0.39, 0.29) is 18.5 Å². The second kappa shape index (κ2) is 50.0. The topological polar surface area (TPSA) is 95.9 Å². The summed E-state index contributed by atoms with van der Waals surface area (Å²) < 4.78 is 5.46. The molecule has 0 aromatic rings. The maximum absolute atomic E-state index is 12.4. The number of carbonyl (C=O) groups is 2. The molecule has 0 spiro atoms. The van der Waals surface area contributed by atoms with Crippen LogP contribution in [0.15, 0.2) is 24.3 Å². The first-order chi connectivity index (χ1) is 29.5. The molecule has 354 valence electrons. The summed E-state index contributed by atoms with van der Waals surface area (Å²) in [5.41, 5.74) is 0. The number of aliphatic hydroxyl groups is 2. The number of allylic oxidation sites excluding steroid dienone is 3. The van der Waals surface area contributed by atoms with Gasteiger partial charge in [-0.3, -0.25) is 9.59 Å². The van der Waals surface area contributed by atoms with Crippen molar-refractivity contribution in [2.24, 2.45) is 0 Å². The Morgan fingerprint density at radius 2 is 0.783 bits per heavy atom. The monoisotopic (exact) mass is 846 g/mol. The molecule has 60 heavy (non-hydrogen) atoms. The first-order valence-corrected chi connectivity index (χ1v) is 26.6. The van der Waals surface area contributed by atoms with Crippen molar-refractivity contribution in [3.8, 4) is 0 Å². The summed E-state index contributed by atoms with van der Waals surface area (Å²) >= 11 is 0. The summed E-state index contributed by atoms with van der Waals surface area (Å²) in [4.78, 5) is 24.5. The van der Waals surface area contributed by atoms with Crippen molar-refractivity contribution in [2.45, 2.75) is 296 Å². The Labute approximate surface area is 373 Å². The van der Waals surface area contributed by atoms with Crippen LogP contribution in [-0.2, 0) is 14.3 Å². The summed E-state index contributed by atoms with van der Waals surface area (Å²) in [6, 6.07) is -0.637. The second-order valence-corrected chi connectivity index (χ2v) is 18.2. The fourth-order valence-electron chi connectivity index (χ4n) is 8.10. The van der Waals surface area contributed by atoms with Gasteiger partial charge in [0.25, 0.3) is 0 Å². The van der Waals surface area contributed by atoms with E-state index in [1.165, 1.54) is 199 Å². The molecule has 0 fully saturated rings. The molecule has 2 unspecified atom stereocenters. The molecular formula is C54H103NO5. The maximum Gasteiger partial charge on any atom is 0.305 e. The third kappa shape index (κ3) is 45.9. The Hall–Kier alpha value is -1.66. The van der Waals surface area contributed by atoms with E-state index in [2.05, 4.69) is 31.3 Å². The van der Waals surface area contributed by atoms with E-state index >= 15 is 0 Å². The fourth-order valence-corrected chi connectivity index (χ4v) is 8.10. The minimum atomic E-state index is -0.852. The highest BCUT2D eigenvalue weighted by Gasteiger charge is 2.18. The highest BCUT2D eigenvalue weighted by molar-refractivity contribution is 5.76. The highest BCUT2D eigenvalue weighted by Crippen LogP contribution is 2.16. The van der Waals surface area contributed by atoms with Crippen LogP contribution in [-0.4, -0.2) is 47.4 Å². The molecule has 0 saturated heterocycles. The molecule has 0 bridgehead atoms. The van der Waals surface area contributed by atoms with E-state index in [1.54, 1.807) is 6.08 Å². The largest absolute Gasteiger partial charge is 0.466 e. The normalized spacial score (nSPS) is 12.8. The van der Waals surface area contributed by atoms with Crippen LogP contribution in [0.1, 0.15) is 284 Å². The molecule has 3 N–H and O–H groups in total. The summed E-state index contributed by atoms with van der Waals surface area (Å²) in [7, 11) is 0. The number of esters is 1. The fraction of sp³-hybridized carbons (Fsp3) is 0.889. The van der Waals surface area contributed by atoms with Crippen molar-refractivity contribution in [2.75, 3.05) is 13.2 Å². The lowest BCUT2D eigenvalue weighted by Crippen LogP contribution is -2.45. The van der Waals surface area contributed by atoms with E-state index in [4.69, 9.17) is 4.74 Å². The van der Waals surface area contributed by atoms with Crippen LogP contribution in [0, 0.1) is 0 Å². The van der Waals surface area contributed by atoms with Gasteiger partial charge in [-0.15, -0.1) is 0 Å². The Morgan fingerprint density at radius 3 is 1.18 bits per heavy atom. The summed E-state index contributed by atoms with van der Waals surface area (Å²) in [6.45, 7) is 4.87. The zero-order valence-corrected chi connectivity index (χ0v) is 40.2. The minimum Gasteiger partial charge on any atom is -0.466 e. The second-order valence-electron chi connectivity index (χ2n) is 18.2. The van der Waals surface area contributed by atoms with Crippen LogP contribution in [0.3, 0.4) is 0 Å². The maximum atomic E-state index is 12.4. The Kier molecular flexibility index (Phi) is 48.6. The van der Waals surface area contributed by atoms with E-state index in [0.29, 0.717) is 19.4 Å². The predicted octanol–water partition coefficient (Wildman–Crippen LogP) is 15.9. The number of carbonyl (C=O) groups excluding carboxylic acids is 2. The van der Waals surface area contributed by atoms with Gasteiger partial charge in [-0.1, -0.05) is 237 Å². The lowest BCUT2D eigenvalue weighted by molar-refractivity contribution is -0.143. The molecule has 6 heteroatoms. The average Bonchev–Trinajstić information content (AvgIpc) is 3.25. The van der Waals surface area contributed by atoms with Gasteiger partial charge in [-0.25, -0.2) is 0 Å². The molecule has 0 rings (SSSR count). The molecule has 6 nitrogen and oxygen atoms in total. The number of nitrogens with one attached hydrogen (secondary N) is 1. The van der Waals surface area contributed by atoms with E-state index in [9.17, 15) is 19.8 Å². The number of aliphatic hydroxyl groups excluding tert-OH is 2. The number of rotatable bonds is 49. The molecular weight excluding hydrogens is 743 g/mol. The third-order valence-corrected chi connectivity index (χ3v) is 12.2. The van der Waals surface area contributed by atoms with Crippen molar-refractivity contribution in [3.05, 3.63) is 24.3 Å². The smallest absolute Gasteiger partial charge is 0.305 e. The molecule has 1 amide bonds. The molecule has 0 aromatic heterocycles. The van der Waals surface area contributed by atoms with E-state index < -0.39 is 12.1 Å². The molecule has 0 radical (unpaired) electrons. The van der Waals surface area contributed by atoms with Gasteiger partial charge in [0.1, 0.15) is 0 Å². The summed E-state index contributed by atoms with van der Waals surface area (Å²) in [6.07, 6.45) is 58.9. The molecule has 2 atom stereocenters. The number of amides is 1. The van der Waals surface area contributed by atoms with Crippen LogP contribution in [0.2, 0.25) is 0 Å². The van der Waals surface area contributed by atoms with Gasteiger partial charge >= 0.3 is 5.97 Å². The van der Waals surface area contributed by atoms with Gasteiger partial charge in [-0.05, 0) is 57.8 Å². The number of ether oxygens (including phenoxy) is 1. The standard InChI is InChI=1S/C54H103NO5/c1-3-5-7-9-11-13-15-17-19-20-24-28-32-36-40-44-48-54(59)60-49-45-41-37-33-29-25-21-23-27-31-35-39-43-47-53(58)55-51(50-56)52(57)46-42-38-34-30-26-22-18-16-14-12-10-8-6-4-2/h19-20,42,46,51-52,56-57H,3-18,21-41,43-45,47-50H2,1-2H3,(H,55,58)/b20-19-,46-42+. The summed E-state index contributed by atoms with van der Waals surface area (Å²) in [5.74, 6) is -0.0952. The van der Waals surface area contributed by atoms with Crippen LogP contribution in [0.25, 0.3) is 0 Å². The Bertz CT molecular complexity index is 935. The SMILES string of the molecule is CCCCCCCCC/C=C\CCCCCCCC(=O)OCCCCCCCCCCCCCCCC(=O)NC(CO)C(O)/C=C/CCCCCCCCCCCCCC. The third-order valence-electron chi connectivity index (χ3n) is 12.2. The van der Waals surface area contributed by atoms with Crippen LogP contribution in [0.4, 0.5) is 0 Å². The summed E-state index contributed by atoms with van der Waals surface area (Å²) in [5, 5.41) is 23.0. The van der Waals surface area contributed by atoms with Crippen molar-refractivity contribution in [3.63, 3.8) is 0 Å². The molecule has 0 saturated carbocycles. The molecule has 0 heterocycles. The van der Waals surface area contributed by atoms with Gasteiger partial charge in [0, 0.05) is 12.8 Å². The number of unbranched alkanes of at least 4 members (excludes halogenated alkanes) is 36. The van der Waals surface area contributed by atoms with Crippen LogP contribution < -0.4 is 5.32 Å². The quantitative estimate of drug-likeness (QED) is 0.0322. The molecule has 0 aliphatic rings. The predicted molar refractivity (Wildman–Crippen MR) is 260 cm³/mol. The van der Waals surface area contributed by atoms with E-state index in [0.717, 1.165) is 57.8 Å². The zero-order valence-electron chi connectivity index (χ0n) is 40.2. The minimum absolute atomic E-state index is 0.0144. The number of hydrogen-bond acceptors (Lipinski definition) is 5. The van der Waals surface area contributed by atoms with E-state index in [1.807, 2.05) is 6.08 Å². The van der Waals surface area contributed by atoms with Gasteiger partial charge in [0.15, 0.2) is 0 Å². The van der Waals surface area contributed by atoms with Crippen LogP contribution in [0.5, 0.6) is 0 Å². The van der Waals surface area contributed by atoms with Crippen molar-refractivity contribution in [1.29, 1.82) is 0 Å². The number of hydrogen-bond donors (Lipinski definition) is 3. The van der Waals surface area contributed by atoms with Crippen molar-refractivity contribution >= 4 is 11.9 Å².